The van der Waals surface area contributed by atoms with Gasteiger partial charge in [-0.1, -0.05) is 12.8 Å². The summed E-state index contributed by atoms with van der Waals surface area (Å²) in [4.78, 5) is 4.14. The van der Waals surface area contributed by atoms with E-state index in [4.69, 9.17) is 11.0 Å². The Labute approximate surface area is 100 Å². The van der Waals surface area contributed by atoms with E-state index in [-0.39, 0.29) is 12.1 Å². The summed E-state index contributed by atoms with van der Waals surface area (Å²) in [7, 11) is 0. The molecule has 0 amide bonds. The largest absolute Gasteiger partial charge is 0.396 e. The van der Waals surface area contributed by atoms with Crippen LogP contribution in [0.5, 0.6) is 0 Å². The number of hydrogen-bond donors (Lipinski definition) is 3. The van der Waals surface area contributed by atoms with Crippen molar-refractivity contribution in [1.82, 2.24) is 4.98 Å². The average Bonchev–Trinajstić information content (AvgIpc) is 2.81. The first-order chi connectivity index (χ1) is 8.19. The Kier molecular flexibility index (Phi) is 3.16. The predicted octanol–water partition coefficient (Wildman–Crippen LogP) is 1.25. The first-order valence-corrected chi connectivity index (χ1v) is 5.74. The lowest BCUT2D eigenvalue weighted by Crippen LogP contribution is -2.39. The van der Waals surface area contributed by atoms with E-state index >= 15 is 0 Å². The van der Waals surface area contributed by atoms with Gasteiger partial charge in [0.15, 0.2) is 0 Å². The number of aromatic nitrogens is 1. The van der Waals surface area contributed by atoms with Crippen molar-refractivity contribution in [3.05, 3.63) is 17.8 Å². The van der Waals surface area contributed by atoms with E-state index in [2.05, 4.69) is 10.3 Å². The minimum atomic E-state index is -0.296. The third-order valence-corrected chi connectivity index (χ3v) is 3.29. The monoisotopic (exact) mass is 232 g/mol. The molecule has 0 unspecified atom stereocenters. The van der Waals surface area contributed by atoms with E-state index in [9.17, 15) is 5.11 Å². The standard InChI is InChI=1S/C12H16N4O/c13-6-9-5-10(14)11(15-7-9)16-12(8-17)3-1-2-4-12/h5,7,17H,1-4,8,14H2,(H,15,16). The first kappa shape index (κ1) is 11.7. The Balaban J connectivity index is 2.21. The normalized spacial score (nSPS) is 17.6. The van der Waals surface area contributed by atoms with Gasteiger partial charge in [-0.3, -0.25) is 0 Å². The number of rotatable bonds is 3. The Hall–Kier alpha value is -1.80. The summed E-state index contributed by atoms with van der Waals surface area (Å²) in [5.74, 6) is 0.556. The zero-order valence-corrected chi connectivity index (χ0v) is 9.61. The second kappa shape index (κ2) is 4.60. The molecule has 0 aliphatic heterocycles. The van der Waals surface area contributed by atoms with Crippen LogP contribution < -0.4 is 11.1 Å². The van der Waals surface area contributed by atoms with Gasteiger partial charge in [0.25, 0.3) is 0 Å². The van der Waals surface area contributed by atoms with Crippen LogP contribution in [0.25, 0.3) is 0 Å². The number of aliphatic hydroxyl groups excluding tert-OH is 1. The molecule has 5 heteroatoms. The maximum Gasteiger partial charge on any atom is 0.149 e. The van der Waals surface area contributed by atoms with Gasteiger partial charge in [-0.2, -0.15) is 5.26 Å². The zero-order valence-electron chi connectivity index (χ0n) is 9.61. The van der Waals surface area contributed by atoms with Crippen molar-refractivity contribution in [1.29, 1.82) is 5.26 Å². The van der Waals surface area contributed by atoms with Crippen LogP contribution in [-0.2, 0) is 0 Å². The molecule has 1 aliphatic rings. The van der Waals surface area contributed by atoms with E-state index in [1.54, 1.807) is 6.07 Å². The fourth-order valence-electron chi connectivity index (χ4n) is 2.27. The van der Waals surface area contributed by atoms with Crippen LogP contribution in [-0.4, -0.2) is 22.2 Å². The second-order valence-electron chi connectivity index (χ2n) is 4.54. The highest BCUT2D eigenvalue weighted by atomic mass is 16.3. The summed E-state index contributed by atoms with van der Waals surface area (Å²) in [6.45, 7) is 0.0775. The molecule has 17 heavy (non-hydrogen) atoms. The maximum atomic E-state index is 9.49. The number of nitrogens with zero attached hydrogens (tertiary/aromatic N) is 2. The van der Waals surface area contributed by atoms with Crippen LogP contribution in [0.2, 0.25) is 0 Å². The predicted molar refractivity (Wildman–Crippen MR) is 65.3 cm³/mol. The summed E-state index contributed by atoms with van der Waals surface area (Å²) in [5, 5.41) is 21.4. The van der Waals surface area contributed by atoms with Gasteiger partial charge in [-0.05, 0) is 18.9 Å². The van der Waals surface area contributed by atoms with Crippen LogP contribution in [0.3, 0.4) is 0 Å². The fraction of sp³-hybridized carbons (Fsp3) is 0.500. The van der Waals surface area contributed by atoms with E-state index in [0.29, 0.717) is 17.1 Å². The van der Waals surface area contributed by atoms with E-state index in [1.807, 2.05) is 6.07 Å². The maximum absolute atomic E-state index is 9.49. The molecule has 1 heterocycles. The molecule has 1 aliphatic carbocycles. The Morgan fingerprint density at radius 2 is 2.24 bits per heavy atom. The lowest BCUT2D eigenvalue weighted by atomic mass is 9.99. The van der Waals surface area contributed by atoms with Crippen LogP contribution in [0.15, 0.2) is 12.3 Å². The van der Waals surface area contributed by atoms with Crippen molar-refractivity contribution in [2.75, 3.05) is 17.7 Å². The second-order valence-corrected chi connectivity index (χ2v) is 4.54. The highest BCUT2D eigenvalue weighted by Crippen LogP contribution is 2.33. The van der Waals surface area contributed by atoms with Gasteiger partial charge >= 0.3 is 0 Å². The molecule has 0 aromatic carbocycles. The Morgan fingerprint density at radius 1 is 1.53 bits per heavy atom. The van der Waals surface area contributed by atoms with Crippen LogP contribution in [0.1, 0.15) is 31.2 Å². The van der Waals surface area contributed by atoms with Gasteiger partial charge in [0.05, 0.1) is 23.4 Å². The number of anilines is 2. The molecule has 0 spiro atoms. The van der Waals surface area contributed by atoms with Gasteiger partial charge in [0, 0.05) is 6.20 Å². The summed E-state index contributed by atoms with van der Waals surface area (Å²) >= 11 is 0. The van der Waals surface area contributed by atoms with Gasteiger partial charge in [-0.15, -0.1) is 0 Å². The number of aliphatic hydroxyl groups is 1. The summed E-state index contributed by atoms with van der Waals surface area (Å²) < 4.78 is 0. The van der Waals surface area contributed by atoms with Crippen molar-refractivity contribution < 1.29 is 5.11 Å². The highest BCUT2D eigenvalue weighted by molar-refractivity contribution is 5.64. The quantitative estimate of drug-likeness (QED) is 0.729. The third kappa shape index (κ3) is 2.32. The molecule has 0 saturated heterocycles. The molecule has 1 aromatic rings. The van der Waals surface area contributed by atoms with Crippen molar-refractivity contribution in [3.8, 4) is 6.07 Å². The number of nitriles is 1. The topological polar surface area (TPSA) is 95.0 Å². The van der Waals surface area contributed by atoms with Crippen molar-refractivity contribution in [2.24, 2.45) is 0 Å². The number of hydrogen-bond acceptors (Lipinski definition) is 5. The molecule has 0 atom stereocenters. The van der Waals surface area contributed by atoms with Gasteiger partial charge < -0.3 is 16.2 Å². The molecule has 1 aromatic heterocycles. The summed E-state index contributed by atoms with van der Waals surface area (Å²) in [6.07, 6.45) is 5.53. The minimum absolute atomic E-state index is 0.0775. The molecular formula is C12H16N4O. The molecule has 0 radical (unpaired) electrons. The smallest absolute Gasteiger partial charge is 0.149 e. The third-order valence-electron chi connectivity index (χ3n) is 3.29. The highest BCUT2D eigenvalue weighted by Gasteiger charge is 2.33. The zero-order chi connectivity index (χ0) is 12.3. The van der Waals surface area contributed by atoms with Crippen molar-refractivity contribution in [3.63, 3.8) is 0 Å². The number of nitrogens with two attached hydrogens (primary N) is 1. The van der Waals surface area contributed by atoms with Gasteiger partial charge in [-0.25, -0.2) is 4.98 Å². The minimum Gasteiger partial charge on any atom is -0.396 e. The average molecular weight is 232 g/mol. The molecule has 4 N–H and O–H groups in total. The summed E-state index contributed by atoms with van der Waals surface area (Å²) in [5.41, 5.74) is 6.42. The SMILES string of the molecule is N#Cc1cnc(NC2(CO)CCCC2)c(N)c1. The Morgan fingerprint density at radius 3 is 2.76 bits per heavy atom. The van der Waals surface area contributed by atoms with E-state index in [1.165, 1.54) is 6.20 Å². The first-order valence-electron chi connectivity index (χ1n) is 5.74. The summed E-state index contributed by atoms with van der Waals surface area (Å²) in [6, 6.07) is 3.59. The van der Waals surface area contributed by atoms with Crippen LogP contribution in [0, 0.1) is 11.3 Å². The molecule has 5 nitrogen and oxygen atoms in total. The van der Waals surface area contributed by atoms with E-state index in [0.717, 1.165) is 25.7 Å². The molecule has 1 fully saturated rings. The van der Waals surface area contributed by atoms with Crippen molar-refractivity contribution >= 4 is 11.5 Å². The fourth-order valence-corrected chi connectivity index (χ4v) is 2.27. The van der Waals surface area contributed by atoms with E-state index < -0.39 is 0 Å². The molecule has 90 valence electrons. The number of nitrogen functional groups attached to an aromatic ring is 1. The molecule has 1 saturated carbocycles. The number of nitrogens with one attached hydrogen (secondary N) is 1. The van der Waals surface area contributed by atoms with Gasteiger partial charge in [0.2, 0.25) is 0 Å². The molecule has 0 bridgehead atoms. The van der Waals surface area contributed by atoms with Crippen LogP contribution in [0.4, 0.5) is 11.5 Å². The lowest BCUT2D eigenvalue weighted by Gasteiger charge is -2.29. The van der Waals surface area contributed by atoms with Crippen LogP contribution >= 0.6 is 0 Å². The lowest BCUT2D eigenvalue weighted by molar-refractivity contribution is 0.214. The Bertz CT molecular complexity index is 446. The number of pyridine rings is 1. The molecule has 2 rings (SSSR count). The van der Waals surface area contributed by atoms with Gasteiger partial charge in [0.1, 0.15) is 11.9 Å². The molecular weight excluding hydrogens is 216 g/mol. The van der Waals surface area contributed by atoms with Crippen molar-refractivity contribution in [2.45, 2.75) is 31.2 Å².